The molecule has 4 rings (SSSR count). The number of hydrogen-bond acceptors (Lipinski definition) is 7. The van der Waals surface area contributed by atoms with Crippen molar-refractivity contribution in [1.29, 1.82) is 0 Å². The van der Waals surface area contributed by atoms with Crippen LogP contribution in [0.4, 0.5) is 5.00 Å². The van der Waals surface area contributed by atoms with Gasteiger partial charge in [-0.15, -0.1) is 11.3 Å². The fourth-order valence-corrected chi connectivity index (χ4v) is 4.44. The second kappa shape index (κ2) is 10.4. The number of carbonyl (C=O) groups excluding carboxylic acids is 2. The number of nitrogens with one attached hydrogen (secondary N) is 1. The van der Waals surface area contributed by atoms with Crippen LogP contribution in [-0.2, 0) is 9.53 Å². The monoisotopic (exact) mass is 561 g/mol. The molecule has 174 valence electrons. The number of thiophene rings is 1. The lowest BCUT2D eigenvalue weighted by Gasteiger charge is -2.10. The van der Waals surface area contributed by atoms with Crippen LogP contribution in [0.3, 0.4) is 0 Å². The number of hydrogen-bond donors (Lipinski definition) is 1. The summed E-state index contributed by atoms with van der Waals surface area (Å²) in [6.45, 7) is 1.55. The Morgan fingerprint density at radius 3 is 2.53 bits per heavy atom. The molecule has 11 heteroatoms. The van der Waals surface area contributed by atoms with E-state index in [-0.39, 0.29) is 29.3 Å². The zero-order chi connectivity index (χ0) is 24.2. The van der Waals surface area contributed by atoms with E-state index in [4.69, 9.17) is 21.1 Å². The largest absolute Gasteiger partial charge is 0.484 e. The molecule has 8 nitrogen and oxygen atoms in total. The fraction of sp³-hybridized carbons (Fsp3) is 0.130. The molecule has 0 aliphatic heterocycles. The summed E-state index contributed by atoms with van der Waals surface area (Å²) in [5.41, 5.74) is -0.0516. The van der Waals surface area contributed by atoms with Gasteiger partial charge in [-0.3, -0.25) is 9.59 Å². The van der Waals surface area contributed by atoms with E-state index < -0.39 is 17.4 Å². The summed E-state index contributed by atoms with van der Waals surface area (Å²) in [6, 6.07) is 13.5. The first-order valence-corrected chi connectivity index (χ1v) is 12.1. The average molecular weight is 563 g/mol. The van der Waals surface area contributed by atoms with Gasteiger partial charge in [0.15, 0.2) is 12.3 Å². The van der Waals surface area contributed by atoms with Crippen LogP contribution in [-0.4, -0.2) is 34.9 Å². The van der Waals surface area contributed by atoms with E-state index in [9.17, 15) is 14.4 Å². The van der Waals surface area contributed by atoms with Crippen LogP contribution in [0, 0.1) is 0 Å². The van der Waals surface area contributed by atoms with Gasteiger partial charge in [0.25, 0.3) is 11.5 Å². The average Bonchev–Trinajstić information content (AvgIpc) is 3.24. The number of carbonyl (C=O) groups is 2. The third-order valence-corrected chi connectivity index (χ3v) is 6.30. The SMILES string of the molecule is CCOC(=O)c1nn(-c2ccc(Br)cc2)c(=O)c2c(NC(=O)COc3ccc(Cl)cc3)scc12. The molecule has 0 spiro atoms. The summed E-state index contributed by atoms with van der Waals surface area (Å²) in [7, 11) is 0. The summed E-state index contributed by atoms with van der Waals surface area (Å²) >= 11 is 10.3. The van der Waals surface area contributed by atoms with Crippen molar-refractivity contribution in [3.63, 3.8) is 0 Å². The zero-order valence-corrected chi connectivity index (χ0v) is 20.9. The zero-order valence-electron chi connectivity index (χ0n) is 17.7. The van der Waals surface area contributed by atoms with Gasteiger partial charge in [-0.05, 0) is 55.5 Å². The van der Waals surface area contributed by atoms with Crippen molar-refractivity contribution in [3.8, 4) is 11.4 Å². The van der Waals surface area contributed by atoms with Crippen molar-refractivity contribution in [3.05, 3.63) is 79.5 Å². The first-order valence-electron chi connectivity index (χ1n) is 10.0. The van der Waals surface area contributed by atoms with Gasteiger partial charge < -0.3 is 14.8 Å². The molecule has 2 aromatic carbocycles. The van der Waals surface area contributed by atoms with Crippen molar-refractivity contribution in [2.24, 2.45) is 0 Å². The molecule has 0 fully saturated rings. The third kappa shape index (κ3) is 5.14. The van der Waals surface area contributed by atoms with E-state index in [0.29, 0.717) is 21.8 Å². The normalized spacial score (nSPS) is 10.8. The molecular formula is C23H17BrClN3O5S. The number of amides is 1. The van der Waals surface area contributed by atoms with Crippen LogP contribution in [0.2, 0.25) is 5.02 Å². The smallest absolute Gasteiger partial charge is 0.359 e. The molecule has 34 heavy (non-hydrogen) atoms. The van der Waals surface area contributed by atoms with Crippen molar-refractivity contribution in [2.45, 2.75) is 6.92 Å². The first kappa shape index (κ1) is 23.9. The number of benzene rings is 2. The summed E-state index contributed by atoms with van der Waals surface area (Å²) in [4.78, 5) is 38.5. The second-order valence-corrected chi connectivity index (χ2v) is 9.14. The van der Waals surface area contributed by atoms with Gasteiger partial charge in [0.2, 0.25) is 0 Å². The van der Waals surface area contributed by atoms with Crippen LogP contribution in [0.15, 0.2) is 63.2 Å². The minimum absolute atomic E-state index is 0.0199. The van der Waals surface area contributed by atoms with E-state index in [1.807, 2.05) is 0 Å². The van der Waals surface area contributed by atoms with Crippen molar-refractivity contribution in [1.82, 2.24) is 9.78 Å². The fourth-order valence-electron chi connectivity index (χ4n) is 3.09. The highest BCUT2D eigenvalue weighted by Gasteiger charge is 2.23. The second-order valence-electron chi connectivity index (χ2n) is 6.91. The number of rotatable bonds is 7. The Morgan fingerprint density at radius 2 is 1.85 bits per heavy atom. The van der Waals surface area contributed by atoms with Crippen molar-refractivity contribution < 1.29 is 19.1 Å². The molecule has 2 heterocycles. The summed E-state index contributed by atoms with van der Waals surface area (Å²) in [5, 5.41) is 9.85. The lowest BCUT2D eigenvalue weighted by Crippen LogP contribution is -2.26. The molecule has 0 atom stereocenters. The van der Waals surface area contributed by atoms with Gasteiger partial charge in [-0.2, -0.15) is 9.78 Å². The Balaban J connectivity index is 1.70. The van der Waals surface area contributed by atoms with Crippen molar-refractivity contribution in [2.75, 3.05) is 18.5 Å². The van der Waals surface area contributed by atoms with Crippen LogP contribution in [0.25, 0.3) is 16.5 Å². The van der Waals surface area contributed by atoms with E-state index >= 15 is 0 Å². The predicted octanol–water partition coefficient (Wildman–Crippen LogP) is 5.06. The van der Waals surface area contributed by atoms with Crippen LogP contribution >= 0.6 is 38.9 Å². The molecule has 4 aromatic rings. The lowest BCUT2D eigenvalue weighted by molar-refractivity contribution is -0.118. The maximum atomic E-state index is 13.4. The molecule has 0 saturated heterocycles. The van der Waals surface area contributed by atoms with Crippen LogP contribution < -0.4 is 15.6 Å². The number of aromatic nitrogens is 2. The Hall–Kier alpha value is -3.21. The molecule has 0 unspecified atom stereocenters. The summed E-state index contributed by atoms with van der Waals surface area (Å²) < 4.78 is 12.5. The molecule has 2 aromatic heterocycles. The maximum absolute atomic E-state index is 13.4. The number of fused-ring (bicyclic) bond motifs is 1. The number of anilines is 1. The lowest BCUT2D eigenvalue weighted by atomic mass is 10.2. The number of esters is 1. The van der Waals surface area contributed by atoms with Crippen LogP contribution in [0.5, 0.6) is 5.75 Å². The van der Waals surface area contributed by atoms with Crippen LogP contribution in [0.1, 0.15) is 17.4 Å². The Bertz CT molecular complexity index is 1420. The Kier molecular flexibility index (Phi) is 7.30. The number of ether oxygens (including phenoxy) is 2. The Labute approximate surface area is 211 Å². The number of halogens is 2. The molecule has 1 N–H and O–H groups in total. The maximum Gasteiger partial charge on any atom is 0.359 e. The van der Waals surface area contributed by atoms with Gasteiger partial charge in [0, 0.05) is 20.3 Å². The summed E-state index contributed by atoms with van der Waals surface area (Å²) in [5.74, 6) is -0.662. The molecule has 0 bridgehead atoms. The van der Waals surface area contributed by atoms with Gasteiger partial charge in [0.1, 0.15) is 10.8 Å². The molecule has 0 saturated carbocycles. The quantitative estimate of drug-likeness (QED) is 0.316. The molecule has 0 radical (unpaired) electrons. The summed E-state index contributed by atoms with van der Waals surface area (Å²) in [6.07, 6.45) is 0. The van der Waals surface area contributed by atoms with Gasteiger partial charge in [0.05, 0.1) is 17.7 Å². The first-order chi connectivity index (χ1) is 16.4. The van der Waals surface area contributed by atoms with E-state index in [1.54, 1.807) is 60.8 Å². The van der Waals surface area contributed by atoms with Crippen molar-refractivity contribution >= 4 is 66.5 Å². The minimum atomic E-state index is -0.667. The highest BCUT2D eigenvalue weighted by molar-refractivity contribution is 9.10. The van der Waals surface area contributed by atoms with E-state index in [1.165, 1.54) is 0 Å². The van der Waals surface area contributed by atoms with E-state index in [2.05, 4.69) is 26.3 Å². The van der Waals surface area contributed by atoms with Gasteiger partial charge >= 0.3 is 5.97 Å². The highest BCUT2D eigenvalue weighted by Crippen LogP contribution is 2.31. The highest BCUT2D eigenvalue weighted by atomic mass is 79.9. The van der Waals surface area contributed by atoms with E-state index in [0.717, 1.165) is 20.5 Å². The standard InChI is InChI=1S/C23H17BrClN3O5S/c1-2-32-23(31)20-17-12-34-21(26-18(29)11-33-16-9-5-14(25)6-10-16)19(17)22(30)28(27-20)15-7-3-13(24)4-8-15/h3-10,12H,2,11H2,1H3,(H,26,29). The Morgan fingerprint density at radius 1 is 1.15 bits per heavy atom. The molecular weight excluding hydrogens is 546 g/mol. The minimum Gasteiger partial charge on any atom is -0.484 e. The predicted molar refractivity (Wildman–Crippen MR) is 134 cm³/mol. The number of nitrogens with zero attached hydrogens (tertiary/aromatic N) is 2. The third-order valence-electron chi connectivity index (χ3n) is 4.63. The topological polar surface area (TPSA) is 99.5 Å². The molecule has 1 amide bonds. The van der Waals surface area contributed by atoms with Gasteiger partial charge in [-0.25, -0.2) is 4.79 Å². The molecule has 0 aliphatic rings. The van der Waals surface area contributed by atoms with Gasteiger partial charge in [-0.1, -0.05) is 27.5 Å². The molecule has 0 aliphatic carbocycles.